The molecule has 0 saturated heterocycles. The summed E-state index contributed by atoms with van der Waals surface area (Å²) in [7, 11) is -1.33. The molecular weight excluding hydrogens is 268 g/mol. The predicted molar refractivity (Wildman–Crippen MR) is 74.6 cm³/mol. The van der Waals surface area contributed by atoms with Crippen molar-refractivity contribution >= 4 is 10.8 Å². The molecule has 5 heteroatoms. The van der Waals surface area contributed by atoms with Crippen molar-refractivity contribution in [1.29, 1.82) is 0 Å². The van der Waals surface area contributed by atoms with Crippen molar-refractivity contribution in [2.45, 2.75) is 38.1 Å². The van der Waals surface area contributed by atoms with E-state index in [1.54, 1.807) is 0 Å². The minimum atomic E-state index is -1.33. The van der Waals surface area contributed by atoms with Gasteiger partial charge < -0.3 is 5.32 Å². The van der Waals surface area contributed by atoms with E-state index in [1.165, 1.54) is 6.07 Å². The molecular formula is C14H21F2NOS. The van der Waals surface area contributed by atoms with E-state index in [9.17, 15) is 13.0 Å². The molecule has 0 fully saturated rings. The Bertz CT molecular complexity index is 437. The third-order valence-corrected chi connectivity index (χ3v) is 4.39. The Morgan fingerprint density at radius 3 is 2.47 bits per heavy atom. The molecule has 0 heterocycles. The van der Waals surface area contributed by atoms with E-state index < -0.39 is 22.4 Å². The van der Waals surface area contributed by atoms with Gasteiger partial charge in [0.25, 0.3) is 0 Å². The molecule has 0 aliphatic heterocycles. The second-order valence-corrected chi connectivity index (χ2v) is 6.39. The summed E-state index contributed by atoms with van der Waals surface area (Å²) in [6, 6.07) is 3.52. The molecule has 1 rings (SSSR count). The Morgan fingerprint density at radius 1 is 1.26 bits per heavy atom. The summed E-state index contributed by atoms with van der Waals surface area (Å²) in [5.41, 5.74) is 0. The highest BCUT2D eigenvalue weighted by molar-refractivity contribution is 7.85. The quantitative estimate of drug-likeness (QED) is 0.835. The van der Waals surface area contributed by atoms with Gasteiger partial charge in [0, 0.05) is 16.7 Å². The Morgan fingerprint density at radius 2 is 1.95 bits per heavy atom. The van der Waals surface area contributed by atoms with Crippen LogP contribution in [0.2, 0.25) is 0 Å². The van der Waals surface area contributed by atoms with Gasteiger partial charge in [0.05, 0.1) is 10.8 Å². The van der Waals surface area contributed by atoms with Crippen molar-refractivity contribution in [3.05, 3.63) is 29.8 Å². The lowest BCUT2D eigenvalue weighted by molar-refractivity contribution is 0.431. The number of benzene rings is 1. The van der Waals surface area contributed by atoms with Crippen molar-refractivity contribution in [1.82, 2.24) is 5.32 Å². The molecule has 2 nitrogen and oxygen atoms in total. The molecule has 2 unspecified atom stereocenters. The minimum Gasteiger partial charge on any atom is -0.313 e. The topological polar surface area (TPSA) is 29.1 Å². The third kappa shape index (κ3) is 4.99. The number of halogens is 2. The Hall–Kier alpha value is -0.810. The van der Waals surface area contributed by atoms with Crippen LogP contribution in [0.15, 0.2) is 23.1 Å². The molecule has 1 N–H and O–H groups in total. The minimum absolute atomic E-state index is 0.105. The molecule has 1 aromatic rings. The van der Waals surface area contributed by atoms with Crippen LogP contribution >= 0.6 is 0 Å². The maximum atomic E-state index is 13.1. The fourth-order valence-corrected chi connectivity index (χ4v) is 3.17. The van der Waals surface area contributed by atoms with Crippen LogP contribution in [0.4, 0.5) is 8.78 Å². The van der Waals surface area contributed by atoms with Gasteiger partial charge in [-0.1, -0.05) is 20.8 Å². The van der Waals surface area contributed by atoms with Crippen LogP contribution < -0.4 is 5.32 Å². The van der Waals surface area contributed by atoms with E-state index in [-0.39, 0.29) is 6.04 Å². The lowest BCUT2D eigenvalue weighted by Crippen LogP contribution is -2.38. The van der Waals surface area contributed by atoms with E-state index in [1.807, 2.05) is 0 Å². The number of rotatable bonds is 7. The van der Waals surface area contributed by atoms with E-state index in [2.05, 4.69) is 26.1 Å². The van der Waals surface area contributed by atoms with Gasteiger partial charge in [-0.25, -0.2) is 8.78 Å². The van der Waals surface area contributed by atoms with Crippen molar-refractivity contribution in [2.75, 3.05) is 12.3 Å². The van der Waals surface area contributed by atoms with Gasteiger partial charge in [-0.15, -0.1) is 0 Å². The third-order valence-electron chi connectivity index (χ3n) is 2.95. The van der Waals surface area contributed by atoms with Gasteiger partial charge >= 0.3 is 0 Å². The van der Waals surface area contributed by atoms with Crippen LogP contribution in [0, 0.1) is 17.6 Å². The highest BCUT2D eigenvalue weighted by atomic mass is 32.2. The highest BCUT2D eigenvalue weighted by Crippen LogP contribution is 2.15. The second kappa shape index (κ2) is 7.70. The van der Waals surface area contributed by atoms with E-state index in [0.717, 1.165) is 25.1 Å². The van der Waals surface area contributed by atoms with E-state index >= 15 is 0 Å². The van der Waals surface area contributed by atoms with Gasteiger partial charge in [-0.2, -0.15) is 0 Å². The zero-order valence-corrected chi connectivity index (χ0v) is 12.4. The maximum Gasteiger partial charge on any atom is 0.160 e. The van der Waals surface area contributed by atoms with Crippen LogP contribution in [-0.4, -0.2) is 22.5 Å². The molecule has 0 bridgehead atoms. The fourth-order valence-electron chi connectivity index (χ4n) is 1.69. The normalized spacial score (nSPS) is 14.6. The first-order chi connectivity index (χ1) is 8.95. The molecule has 108 valence electrons. The van der Waals surface area contributed by atoms with Gasteiger partial charge in [0.15, 0.2) is 11.6 Å². The molecule has 0 amide bonds. The molecule has 0 aliphatic rings. The maximum absolute atomic E-state index is 13.1. The van der Waals surface area contributed by atoms with E-state index in [4.69, 9.17) is 0 Å². The summed E-state index contributed by atoms with van der Waals surface area (Å²) < 4.78 is 38.1. The summed E-state index contributed by atoms with van der Waals surface area (Å²) in [4.78, 5) is 0.336. The van der Waals surface area contributed by atoms with Gasteiger partial charge in [0.1, 0.15) is 0 Å². The SMILES string of the molecule is CCCNC(CS(=O)c1ccc(F)c(F)c1)C(C)C. The first-order valence-corrected chi connectivity index (χ1v) is 7.84. The van der Waals surface area contributed by atoms with Gasteiger partial charge in [-0.05, 0) is 37.1 Å². The fraction of sp³-hybridized carbons (Fsp3) is 0.571. The zero-order chi connectivity index (χ0) is 14.4. The molecule has 0 spiro atoms. The average molecular weight is 289 g/mol. The predicted octanol–water partition coefficient (Wildman–Crippen LogP) is 3.10. The lowest BCUT2D eigenvalue weighted by Gasteiger charge is -2.21. The monoisotopic (exact) mass is 289 g/mol. The number of hydrogen-bond donors (Lipinski definition) is 1. The summed E-state index contributed by atoms with van der Waals surface area (Å²) in [6.07, 6.45) is 1.00. The average Bonchev–Trinajstić information content (AvgIpc) is 2.37. The zero-order valence-electron chi connectivity index (χ0n) is 11.6. The molecule has 2 atom stereocenters. The van der Waals surface area contributed by atoms with E-state index in [0.29, 0.717) is 16.6 Å². The Balaban J connectivity index is 2.73. The molecule has 0 saturated carbocycles. The van der Waals surface area contributed by atoms with Gasteiger partial charge in [0.2, 0.25) is 0 Å². The largest absolute Gasteiger partial charge is 0.313 e. The second-order valence-electron chi connectivity index (χ2n) is 4.89. The Kier molecular flexibility index (Phi) is 6.58. The van der Waals surface area contributed by atoms with Crippen molar-refractivity contribution in [2.24, 2.45) is 5.92 Å². The molecule has 0 aromatic heterocycles. The molecule has 1 aromatic carbocycles. The summed E-state index contributed by atoms with van der Waals surface area (Å²) in [6.45, 7) is 7.03. The smallest absolute Gasteiger partial charge is 0.160 e. The summed E-state index contributed by atoms with van der Waals surface area (Å²) >= 11 is 0. The lowest BCUT2D eigenvalue weighted by atomic mass is 10.1. The van der Waals surface area contributed by atoms with Crippen LogP contribution in [0.25, 0.3) is 0 Å². The standard InChI is InChI=1S/C14H21F2NOS/c1-4-7-17-14(10(2)3)9-19(18)11-5-6-12(15)13(16)8-11/h5-6,8,10,14,17H,4,7,9H2,1-3H3. The first kappa shape index (κ1) is 16.2. The van der Waals surface area contributed by atoms with Crippen LogP contribution in [-0.2, 0) is 10.8 Å². The first-order valence-electron chi connectivity index (χ1n) is 6.52. The molecule has 19 heavy (non-hydrogen) atoms. The molecule has 0 aliphatic carbocycles. The van der Waals surface area contributed by atoms with Crippen molar-refractivity contribution in [3.8, 4) is 0 Å². The molecule has 0 radical (unpaired) electrons. The Labute approximate surface area is 116 Å². The number of nitrogens with one attached hydrogen (secondary N) is 1. The highest BCUT2D eigenvalue weighted by Gasteiger charge is 2.17. The summed E-state index contributed by atoms with van der Waals surface area (Å²) in [5.74, 6) is -1.12. The number of hydrogen-bond acceptors (Lipinski definition) is 2. The van der Waals surface area contributed by atoms with Crippen LogP contribution in [0.3, 0.4) is 0 Å². The van der Waals surface area contributed by atoms with Crippen LogP contribution in [0.5, 0.6) is 0 Å². The van der Waals surface area contributed by atoms with Crippen LogP contribution in [0.1, 0.15) is 27.2 Å². The van der Waals surface area contributed by atoms with Crippen molar-refractivity contribution < 1.29 is 13.0 Å². The van der Waals surface area contributed by atoms with Crippen molar-refractivity contribution in [3.63, 3.8) is 0 Å². The summed E-state index contributed by atoms with van der Waals surface area (Å²) in [5, 5.41) is 3.33. The van der Waals surface area contributed by atoms with Gasteiger partial charge in [-0.3, -0.25) is 4.21 Å².